The summed E-state index contributed by atoms with van der Waals surface area (Å²) in [6, 6.07) is 8.97. The molecule has 1 fully saturated rings. The molecule has 0 unspecified atom stereocenters. The van der Waals surface area contributed by atoms with Crippen LogP contribution in [-0.2, 0) is 24.3 Å². The first-order chi connectivity index (χ1) is 12.6. The zero-order chi connectivity index (χ0) is 18.5. The molecule has 2 heterocycles. The number of aromatic nitrogens is 2. The van der Waals surface area contributed by atoms with Crippen LogP contribution in [0.4, 0.5) is 0 Å². The van der Waals surface area contributed by atoms with Crippen molar-refractivity contribution in [1.82, 2.24) is 19.4 Å². The van der Waals surface area contributed by atoms with Crippen molar-refractivity contribution in [3.63, 3.8) is 0 Å². The molecule has 0 N–H and O–H groups in total. The first kappa shape index (κ1) is 18.6. The number of nitrogens with zero attached hydrogens (tertiary/aromatic N) is 4. The average Bonchev–Trinajstić information content (AvgIpc) is 3.09. The van der Waals surface area contributed by atoms with Crippen molar-refractivity contribution in [3.05, 3.63) is 53.6 Å². The van der Waals surface area contributed by atoms with Gasteiger partial charge in [-0.05, 0) is 44.5 Å². The Morgan fingerprint density at radius 1 is 1.23 bits per heavy atom. The average molecular weight is 354 g/mol. The first-order valence-corrected chi connectivity index (χ1v) is 9.61. The standard InChI is InChI=1S/C21H30N4O/c1-4-20-22-12-14-24(20)16-21(26)25-13-6-5-7-19(25)18-10-8-17(9-11-18)15-23(2)3/h8-12,14,19H,4-7,13,15-16H2,1-3H3/t19-/m1/s1. The van der Waals surface area contributed by atoms with Crippen LogP contribution < -0.4 is 0 Å². The second-order valence-corrected chi connectivity index (χ2v) is 7.40. The Bertz CT molecular complexity index is 720. The van der Waals surface area contributed by atoms with Crippen LogP contribution in [-0.4, -0.2) is 45.9 Å². The maximum atomic E-state index is 13.0. The largest absolute Gasteiger partial charge is 0.334 e. The molecule has 2 aromatic rings. The fourth-order valence-electron chi connectivity index (χ4n) is 3.82. The minimum atomic E-state index is 0.193. The molecule has 0 radical (unpaired) electrons. The number of carbonyl (C=O) groups excluding carboxylic acids is 1. The summed E-state index contributed by atoms with van der Waals surface area (Å²) in [4.78, 5) is 21.6. The highest BCUT2D eigenvalue weighted by Gasteiger charge is 2.28. The van der Waals surface area contributed by atoms with E-state index in [-0.39, 0.29) is 11.9 Å². The van der Waals surface area contributed by atoms with Crippen LogP contribution in [0.5, 0.6) is 0 Å². The van der Waals surface area contributed by atoms with Crippen molar-refractivity contribution >= 4 is 5.91 Å². The normalized spacial score (nSPS) is 17.7. The highest BCUT2D eigenvalue weighted by atomic mass is 16.2. The molecule has 0 saturated carbocycles. The van der Waals surface area contributed by atoms with Crippen LogP contribution in [0, 0.1) is 0 Å². The Balaban J connectivity index is 1.74. The van der Waals surface area contributed by atoms with Crippen molar-refractivity contribution in [2.75, 3.05) is 20.6 Å². The summed E-state index contributed by atoms with van der Waals surface area (Å²) in [5.74, 6) is 1.17. The maximum absolute atomic E-state index is 13.0. The molecule has 0 spiro atoms. The van der Waals surface area contributed by atoms with Gasteiger partial charge in [-0.3, -0.25) is 4.79 Å². The Labute approximate surface area is 156 Å². The molecule has 1 saturated heterocycles. The van der Waals surface area contributed by atoms with Crippen molar-refractivity contribution in [1.29, 1.82) is 0 Å². The van der Waals surface area contributed by atoms with Crippen LogP contribution >= 0.6 is 0 Å². The predicted molar refractivity (Wildman–Crippen MR) is 104 cm³/mol. The zero-order valence-corrected chi connectivity index (χ0v) is 16.2. The summed E-state index contributed by atoms with van der Waals surface area (Å²) < 4.78 is 1.98. The van der Waals surface area contributed by atoms with Gasteiger partial charge in [0.1, 0.15) is 12.4 Å². The van der Waals surface area contributed by atoms with Gasteiger partial charge in [-0.1, -0.05) is 31.2 Å². The predicted octanol–water partition coefficient (Wildman–Crippen LogP) is 3.26. The van der Waals surface area contributed by atoms with E-state index in [0.717, 1.165) is 38.2 Å². The quantitative estimate of drug-likeness (QED) is 0.799. The number of piperidine rings is 1. The first-order valence-electron chi connectivity index (χ1n) is 9.61. The van der Waals surface area contributed by atoms with E-state index in [9.17, 15) is 4.79 Å². The number of benzene rings is 1. The second-order valence-electron chi connectivity index (χ2n) is 7.40. The molecular weight excluding hydrogens is 324 g/mol. The van der Waals surface area contributed by atoms with E-state index < -0.39 is 0 Å². The molecule has 0 bridgehead atoms. The third-order valence-electron chi connectivity index (χ3n) is 5.11. The van der Waals surface area contributed by atoms with Gasteiger partial charge in [-0.25, -0.2) is 4.98 Å². The van der Waals surface area contributed by atoms with E-state index >= 15 is 0 Å². The Kier molecular flexibility index (Phi) is 6.09. The maximum Gasteiger partial charge on any atom is 0.243 e. The van der Waals surface area contributed by atoms with Crippen molar-refractivity contribution in [2.45, 2.75) is 51.7 Å². The van der Waals surface area contributed by atoms with Gasteiger partial charge in [-0.15, -0.1) is 0 Å². The van der Waals surface area contributed by atoms with Gasteiger partial charge in [0.2, 0.25) is 5.91 Å². The molecule has 1 aliphatic heterocycles. The van der Waals surface area contributed by atoms with Crippen molar-refractivity contribution < 1.29 is 4.79 Å². The summed E-state index contributed by atoms with van der Waals surface area (Å²) in [7, 11) is 4.16. The molecule has 5 nitrogen and oxygen atoms in total. The van der Waals surface area contributed by atoms with Gasteiger partial charge in [-0.2, -0.15) is 0 Å². The number of imidazole rings is 1. The Morgan fingerprint density at radius 3 is 2.69 bits per heavy atom. The third-order valence-corrected chi connectivity index (χ3v) is 5.11. The van der Waals surface area contributed by atoms with Crippen LogP contribution in [0.2, 0.25) is 0 Å². The molecule has 1 aromatic carbocycles. The van der Waals surface area contributed by atoms with E-state index in [1.807, 2.05) is 10.8 Å². The highest BCUT2D eigenvalue weighted by molar-refractivity contribution is 5.76. The van der Waals surface area contributed by atoms with Gasteiger partial charge >= 0.3 is 0 Å². The molecule has 1 aromatic heterocycles. The van der Waals surface area contributed by atoms with Gasteiger partial charge in [0.05, 0.1) is 6.04 Å². The van der Waals surface area contributed by atoms with E-state index in [0.29, 0.717) is 6.54 Å². The molecule has 26 heavy (non-hydrogen) atoms. The molecule has 1 aliphatic rings. The fourth-order valence-corrected chi connectivity index (χ4v) is 3.82. The molecule has 1 atom stereocenters. The monoisotopic (exact) mass is 354 g/mol. The van der Waals surface area contributed by atoms with E-state index in [2.05, 4.69) is 60.1 Å². The van der Waals surface area contributed by atoms with Crippen molar-refractivity contribution in [3.8, 4) is 0 Å². The summed E-state index contributed by atoms with van der Waals surface area (Å²) >= 11 is 0. The molecule has 0 aliphatic carbocycles. The van der Waals surface area contributed by atoms with Gasteiger partial charge in [0.25, 0.3) is 0 Å². The molecule has 140 valence electrons. The van der Waals surface area contributed by atoms with Crippen molar-refractivity contribution in [2.24, 2.45) is 0 Å². The van der Waals surface area contributed by atoms with Gasteiger partial charge in [0.15, 0.2) is 0 Å². The lowest BCUT2D eigenvalue weighted by Gasteiger charge is -2.36. The lowest BCUT2D eigenvalue weighted by molar-refractivity contribution is -0.135. The summed E-state index contributed by atoms with van der Waals surface area (Å²) in [6.45, 7) is 4.24. The highest BCUT2D eigenvalue weighted by Crippen LogP contribution is 2.31. The minimum absolute atomic E-state index is 0.193. The van der Waals surface area contributed by atoms with E-state index in [1.54, 1.807) is 6.20 Å². The van der Waals surface area contributed by atoms with E-state index in [1.165, 1.54) is 17.5 Å². The lowest BCUT2D eigenvalue weighted by Crippen LogP contribution is -2.40. The number of hydrogen-bond donors (Lipinski definition) is 0. The molecule has 5 heteroatoms. The fraction of sp³-hybridized carbons (Fsp3) is 0.524. The van der Waals surface area contributed by atoms with Crippen LogP contribution in [0.15, 0.2) is 36.7 Å². The summed E-state index contributed by atoms with van der Waals surface area (Å²) in [6.07, 6.45) is 7.85. The van der Waals surface area contributed by atoms with Crippen LogP contribution in [0.3, 0.4) is 0 Å². The third kappa shape index (κ3) is 4.33. The van der Waals surface area contributed by atoms with Gasteiger partial charge < -0.3 is 14.4 Å². The molecule has 3 rings (SSSR count). The number of likely N-dealkylation sites (tertiary alicyclic amines) is 1. The Morgan fingerprint density at radius 2 is 2.00 bits per heavy atom. The van der Waals surface area contributed by atoms with Gasteiger partial charge in [0, 0.05) is 31.9 Å². The molecule has 1 amide bonds. The summed E-state index contributed by atoms with van der Waals surface area (Å²) in [5.41, 5.74) is 2.56. The minimum Gasteiger partial charge on any atom is -0.334 e. The molecular formula is C21H30N4O. The topological polar surface area (TPSA) is 41.4 Å². The number of rotatable bonds is 6. The number of aryl methyl sites for hydroxylation is 1. The number of carbonyl (C=O) groups is 1. The zero-order valence-electron chi connectivity index (χ0n) is 16.2. The second kappa shape index (κ2) is 8.49. The lowest BCUT2D eigenvalue weighted by atomic mass is 9.94. The van der Waals surface area contributed by atoms with E-state index in [4.69, 9.17) is 0 Å². The Hall–Kier alpha value is -2.14. The smallest absolute Gasteiger partial charge is 0.243 e. The number of amides is 1. The van der Waals surface area contributed by atoms with Crippen LogP contribution in [0.25, 0.3) is 0 Å². The number of hydrogen-bond acceptors (Lipinski definition) is 3. The summed E-state index contributed by atoms with van der Waals surface area (Å²) in [5, 5.41) is 0. The van der Waals surface area contributed by atoms with Crippen LogP contribution in [0.1, 0.15) is 49.2 Å². The SMILES string of the molecule is CCc1nccn1CC(=O)N1CCCC[C@@H]1c1ccc(CN(C)C)cc1.